The van der Waals surface area contributed by atoms with E-state index in [-0.39, 0.29) is 5.91 Å². The van der Waals surface area contributed by atoms with Gasteiger partial charge in [-0.2, -0.15) is 0 Å². The Bertz CT molecular complexity index is 674. The molecule has 4 fully saturated rings. The number of nitrogens with one attached hydrogen (secondary N) is 1. The van der Waals surface area contributed by atoms with Gasteiger partial charge in [0.15, 0.2) is 0 Å². The number of nitrogens with zero attached hydrogens (tertiary/aromatic N) is 2. The van der Waals surface area contributed by atoms with Crippen LogP contribution in [0.4, 0.5) is 0 Å². The maximum atomic E-state index is 12.0. The molecule has 1 atom stereocenters. The number of benzene rings is 1. The number of hydrogen-bond acceptors (Lipinski definition) is 3. The summed E-state index contributed by atoms with van der Waals surface area (Å²) in [4.78, 5) is 17.4. The molecule has 0 bridgehead atoms. The second-order valence-corrected chi connectivity index (χ2v) is 9.91. The van der Waals surface area contributed by atoms with E-state index in [9.17, 15) is 4.79 Å². The van der Waals surface area contributed by atoms with E-state index in [1.165, 1.54) is 63.6 Å². The Labute approximate surface area is 169 Å². The molecule has 4 heteroatoms. The van der Waals surface area contributed by atoms with Gasteiger partial charge >= 0.3 is 0 Å². The number of hydrogen-bond donors (Lipinski definition) is 1. The van der Waals surface area contributed by atoms with Crippen LogP contribution in [-0.4, -0.2) is 60.5 Å². The fourth-order valence-corrected chi connectivity index (χ4v) is 5.50. The van der Waals surface area contributed by atoms with Gasteiger partial charge in [0.2, 0.25) is 5.91 Å². The molecule has 1 N–H and O–H groups in total. The quantitative estimate of drug-likeness (QED) is 0.820. The lowest BCUT2D eigenvalue weighted by Crippen LogP contribution is -2.52. The first kappa shape index (κ1) is 18.6. The molecule has 28 heavy (non-hydrogen) atoms. The Balaban J connectivity index is 1.19. The molecule has 2 saturated carbocycles. The number of piperidine rings is 2. The smallest absolute Gasteiger partial charge is 0.221 e. The first-order valence-corrected chi connectivity index (χ1v) is 11.5. The predicted octanol–water partition coefficient (Wildman–Crippen LogP) is 3.39. The second-order valence-electron chi connectivity index (χ2n) is 9.91. The van der Waals surface area contributed by atoms with Crippen molar-refractivity contribution in [3.8, 4) is 0 Å². The van der Waals surface area contributed by atoms with Gasteiger partial charge in [0.05, 0.1) is 0 Å². The molecule has 0 aromatic heterocycles. The maximum Gasteiger partial charge on any atom is 0.221 e. The Hall–Kier alpha value is -1.39. The van der Waals surface area contributed by atoms with E-state index in [4.69, 9.17) is 0 Å². The predicted molar refractivity (Wildman–Crippen MR) is 112 cm³/mol. The van der Waals surface area contributed by atoms with Crippen molar-refractivity contribution in [2.24, 2.45) is 5.41 Å². The lowest BCUT2D eigenvalue weighted by atomic mass is 9.68. The van der Waals surface area contributed by atoms with Gasteiger partial charge in [0, 0.05) is 38.1 Å². The van der Waals surface area contributed by atoms with E-state index in [0.29, 0.717) is 23.8 Å². The van der Waals surface area contributed by atoms with Crippen LogP contribution in [-0.2, 0) is 4.79 Å². The first-order chi connectivity index (χ1) is 13.7. The summed E-state index contributed by atoms with van der Waals surface area (Å²) in [6.45, 7) is 5.81. The number of rotatable bonds is 6. The first-order valence-electron chi connectivity index (χ1n) is 11.5. The lowest BCUT2D eigenvalue weighted by molar-refractivity contribution is -0.121. The van der Waals surface area contributed by atoms with Crippen molar-refractivity contribution in [2.75, 3.05) is 32.7 Å². The molecule has 1 aromatic carbocycles. The van der Waals surface area contributed by atoms with Crippen molar-refractivity contribution in [3.05, 3.63) is 35.9 Å². The Morgan fingerprint density at radius 1 is 1.07 bits per heavy atom. The summed E-state index contributed by atoms with van der Waals surface area (Å²) in [7, 11) is 0. The Morgan fingerprint density at radius 2 is 1.82 bits per heavy atom. The number of carbonyl (C=O) groups is 1. The summed E-state index contributed by atoms with van der Waals surface area (Å²) < 4.78 is 0. The van der Waals surface area contributed by atoms with Crippen molar-refractivity contribution >= 4 is 5.91 Å². The summed E-state index contributed by atoms with van der Waals surface area (Å²) in [5.74, 6) is 0.941. The number of amides is 1. The van der Waals surface area contributed by atoms with Gasteiger partial charge in [-0.15, -0.1) is 0 Å². The second kappa shape index (κ2) is 7.79. The highest BCUT2D eigenvalue weighted by molar-refractivity contribution is 5.76. The molecule has 4 nitrogen and oxygen atoms in total. The molecule has 1 amide bonds. The molecule has 152 valence electrons. The lowest BCUT2D eigenvalue weighted by Gasteiger charge is -2.50. The van der Waals surface area contributed by atoms with E-state index in [1.807, 2.05) is 0 Å². The van der Waals surface area contributed by atoms with Crippen LogP contribution < -0.4 is 5.32 Å². The van der Waals surface area contributed by atoms with Crippen molar-refractivity contribution in [1.82, 2.24) is 15.1 Å². The van der Waals surface area contributed by atoms with E-state index in [0.717, 1.165) is 25.7 Å². The van der Waals surface area contributed by atoms with Crippen LogP contribution in [0.25, 0.3) is 0 Å². The number of likely N-dealkylation sites (tertiary alicyclic amines) is 2. The van der Waals surface area contributed by atoms with Crippen LogP contribution in [0.2, 0.25) is 0 Å². The van der Waals surface area contributed by atoms with Crippen LogP contribution >= 0.6 is 0 Å². The molecular weight excluding hydrogens is 346 g/mol. The normalized spacial score (nSPS) is 28.4. The van der Waals surface area contributed by atoms with Gasteiger partial charge < -0.3 is 10.2 Å². The van der Waals surface area contributed by atoms with Gasteiger partial charge in [-0.05, 0) is 74.9 Å². The minimum Gasteiger partial charge on any atom is -0.353 e. The minimum atomic E-state index is 0.254. The zero-order valence-electron chi connectivity index (χ0n) is 17.1. The monoisotopic (exact) mass is 381 g/mol. The fourth-order valence-electron chi connectivity index (χ4n) is 5.50. The van der Waals surface area contributed by atoms with Crippen LogP contribution in [0.15, 0.2) is 30.3 Å². The standard InChI is InChI=1S/C24H35N3O/c28-23(25-21-6-7-21)10-13-26-14-11-24(12-15-26)16-20(19-4-2-1-3-5-19)17-27(18-24)22-8-9-22/h1-5,20-22H,6-18H2,(H,25,28)/t20-/m1/s1. The van der Waals surface area contributed by atoms with Gasteiger partial charge in [0.1, 0.15) is 0 Å². The molecule has 2 saturated heterocycles. The summed E-state index contributed by atoms with van der Waals surface area (Å²) in [5.41, 5.74) is 2.01. The molecule has 1 aromatic rings. The highest BCUT2D eigenvalue weighted by atomic mass is 16.1. The highest BCUT2D eigenvalue weighted by Crippen LogP contribution is 2.47. The van der Waals surface area contributed by atoms with Crippen molar-refractivity contribution in [2.45, 2.75) is 69.4 Å². The Kier molecular flexibility index (Phi) is 5.18. The third-order valence-corrected chi connectivity index (χ3v) is 7.52. The Morgan fingerprint density at radius 3 is 2.50 bits per heavy atom. The third-order valence-electron chi connectivity index (χ3n) is 7.52. The summed E-state index contributed by atoms with van der Waals surface area (Å²) >= 11 is 0. The molecule has 5 rings (SSSR count). The molecule has 2 aliphatic heterocycles. The van der Waals surface area contributed by atoms with Crippen LogP contribution in [0.5, 0.6) is 0 Å². The molecule has 2 heterocycles. The van der Waals surface area contributed by atoms with Gasteiger partial charge in [-0.1, -0.05) is 30.3 Å². The highest BCUT2D eigenvalue weighted by Gasteiger charge is 2.45. The zero-order valence-corrected chi connectivity index (χ0v) is 17.1. The van der Waals surface area contributed by atoms with Crippen LogP contribution in [0.3, 0.4) is 0 Å². The summed E-state index contributed by atoms with van der Waals surface area (Å²) in [6, 6.07) is 12.6. The van der Waals surface area contributed by atoms with E-state index in [2.05, 4.69) is 45.4 Å². The molecular formula is C24H35N3O. The van der Waals surface area contributed by atoms with Crippen LogP contribution in [0.1, 0.15) is 62.8 Å². The topological polar surface area (TPSA) is 35.6 Å². The van der Waals surface area contributed by atoms with Gasteiger partial charge in [0.25, 0.3) is 0 Å². The summed E-state index contributed by atoms with van der Waals surface area (Å²) in [5, 5.41) is 3.13. The minimum absolute atomic E-state index is 0.254. The van der Waals surface area contributed by atoms with Crippen molar-refractivity contribution in [3.63, 3.8) is 0 Å². The van der Waals surface area contributed by atoms with Crippen LogP contribution in [0, 0.1) is 5.41 Å². The van der Waals surface area contributed by atoms with E-state index in [1.54, 1.807) is 0 Å². The average Bonchev–Trinajstić information content (AvgIpc) is 3.62. The molecule has 0 radical (unpaired) electrons. The molecule has 2 aliphatic carbocycles. The van der Waals surface area contributed by atoms with E-state index >= 15 is 0 Å². The zero-order chi connectivity index (χ0) is 19.0. The van der Waals surface area contributed by atoms with Gasteiger partial charge in [-0.3, -0.25) is 9.69 Å². The van der Waals surface area contributed by atoms with Crippen molar-refractivity contribution < 1.29 is 4.79 Å². The summed E-state index contributed by atoms with van der Waals surface area (Å²) in [6.07, 6.45) is 9.77. The fraction of sp³-hybridized carbons (Fsp3) is 0.708. The van der Waals surface area contributed by atoms with Crippen molar-refractivity contribution in [1.29, 1.82) is 0 Å². The molecule has 0 unspecified atom stereocenters. The SMILES string of the molecule is O=C(CCN1CCC2(CC1)C[C@@H](c1ccccc1)CN(C1CC1)C2)NC1CC1. The maximum absolute atomic E-state index is 12.0. The van der Waals surface area contributed by atoms with E-state index < -0.39 is 0 Å². The average molecular weight is 382 g/mol. The third kappa shape index (κ3) is 4.44. The molecule has 4 aliphatic rings. The largest absolute Gasteiger partial charge is 0.353 e. The number of carbonyl (C=O) groups excluding carboxylic acids is 1. The molecule has 1 spiro atoms. The van der Waals surface area contributed by atoms with Gasteiger partial charge in [-0.25, -0.2) is 0 Å².